The number of carboxylic acids is 2. The summed E-state index contributed by atoms with van der Waals surface area (Å²) in [5, 5.41) is 18.0. The van der Waals surface area contributed by atoms with Gasteiger partial charge in [-0.3, -0.25) is 9.59 Å². The van der Waals surface area contributed by atoms with E-state index >= 15 is 0 Å². The lowest BCUT2D eigenvalue weighted by Crippen LogP contribution is -2.13. The molecule has 0 aliphatic carbocycles. The first kappa shape index (κ1) is 12.5. The smallest absolute Gasteiger partial charge is 0.310 e. The second-order valence-electron chi connectivity index (χ2n) is 3.38. The Morgan fingerprint density at radius 1 is 1.31 bits per heavy atom. The monoisotopic (exact) mass is 242 g/mol. The fraction of sp³-hybridized carbons (Fsp3) is 0.273. The fourth-order valence-electron chi connectivity index (χ4n) is 1.42. The van der Waals surface area contributed by atoms with Gasteiger partial charge in [0.2, 0.25) is 0 Å². The van der Waals surface area contributed by atoms with Gasteiger partial charge in [0, 0.05) is 11.4 Å². The van der Waals surface area contributed by atoms with Crippen molar-refractivity contribution < 1.29 is 19.8 Å². The molecule has 1 atom stereocenters. The third-order valence-electron chi connectivity index (χ3n) is 2.20. The Morgan fingerprint density at radius 3 is 2.50 bits per heavy atom. The third kappa shape index (κ3) is 3.55. The Morgan fingerprint density at radius 2 is 2.00 bits per heavy atom. The van der Waals surface area contributed by atoms with E-state index in [9.17, 15) is 9.59 Å². The van der Waals surface area contributed by atoms with Crippen molar-refractivity contribution in [2.45, 2.75) is 18.8 Å². The number of halogens is 1. The fourth-order valence-corrected chi connectivity index (χ4v) is 1.62. The van der Waals surface area contributed by atoms with Crippen LogP contribution in [0.2, 0.25) is 5.02 Å². The molecule has 2 N–H and O–H groups in total. The molecular weight excluding hydrogens is 232 g/mol. The number of aliphatic carboxylic acids is 2. The Balaban J connectivity index is 2.85. The molecule has 1 rings (SSSR count). The van der Waals surface area contributed by atoms with Gasteiger partial charge in [-0.05, 0) is 24.1 Å². The van der Waals surface area contributed by atoms with Gasteiger partial charge in [-0.25, -0.2) is 0 Å². The summed E-state index contributed by atoms with van der Waals surface area (Å²) in [7, 11) is 0. The molecule has 0 heterocycles. The zero-order valence-corrected chi connectivity index (χ0v) is 9.15. The zero-order chi connectivity index (χ0) is 12.1. The first-order chi connectivity index (χ1) is 7.50. The Bertz CT molecular complexity index is 403. The summed E-state index contributed by atoms with van der Waals surface area (Å²) in [5.74, 6) is -2.87. The van der Waals surface area contributed by atoms with Crippen LogP contribution in [0.3, 0.4) is 0 Å². The molecule has 0 saturated heterocycles. The minimum Gasteiger partial charge on any atom is -0.481 e. The highest BCUT2D eigenvalue weighted by Crippen LogP contribution is 2.24. The van der Waals surface area contributed by atoms with E-state index in [1.54, 1.807) is 24.3 Å². The average molecular weight is 243 g/mol. The molecule has 1 aromatic rings. The van der Waals surface area contributed by atoms with Crippen molar-refractivity contribution in [3.63, 3.8) is 0 Å². The lowest BCUT2D eigenvalue weighted by Gasteiger charge is -2.11. The molecule has 0 radical (unpaired) electrons. The van der Waals surface area contributed by atoms with Crippen LogP contribution in [-0.4, -0.2) is 22.2 Å². The molecule has 0 amide bonds. The summed E-state index contributed by atoms with van der Waals surface area (Å²) < 4.78 is 0. The number of carbonyl (C=O) groups is 2. The summed E-state index contributed by atoms with van der Waals surface area (Å²) in [5.41, 5.74) is 0.529. The molecule has 1 unspecified atom stereocenters. The molecule has 16 heavy (non-hydrogen) atoms. The summed E-state index contributed by atoms with van der Waals surface area (Å²) in [6.45, 7) is 0. The van der Waals surface area contributed by atoms with Crippen LogP contribution in [0, 0.1) is 0 Å². The van der Waals surface area contributed by atoms with Gasteiger partial charge in [0.1, 0.15) is 0 Å². The first-order valence-electron chi connectivity index (χ1n) is 4.70. The van der Waals surface area contributed by atoms with Crippen LogP contribution in [0.25, 0.3) is 0 Å². The lowest BCUT2D eigenvalue weighted by molar-refractivity contribution is -0.140. The van der Waals surface area contributed by atoms with Crippen molar-refractivity contribution >= 4 is 23.5 Å². The van der Waals surface area contributed by atoms with Gasteiger partial charge < -0.3 is 10.2 Å². The van der Waals surface area contributed by atoms with Gasteiger partial charge in [0.15, 0.2) is 0 Å². The SMILES string of the molecule is O=C(O)CCC(C(=O)O)c1cccc(Cl)c1. The van der Waals surface area contributed by atoms with Gasteiger partial charge in [-0.1, -0.05) is 23.7 Å². The quantitative estimate of drug-likeness (QED) is 0.831. The second-order valence-corrected chi connectivity index (χ2v) is 3.81. The Hall–Kier alpha value is -1.55. The van der Waals surface area contributed by atoms with Crippen molar-refractivity contribution in [1.82, 2.24) is 0 Å². The summed E-state index contributed by atoms with van der Waals surface area (Å²) in [6, 6.07) is 6.46. The van der Waals surface area contributed by atoms with Crippen molar-refractivity contribution in [2.24, 2.45) is 0 Å². The van der Waals surface area contributed by atoms with Crippen molar-refractivity contribution in [2.75, 3.05) is 0 Å². The van der Waals surface area contributed by atoms with Gasteiger partial charge in [-0.2, -0.15) is 0 Å². The van der Waals surface area contributed by atoms with Gasteiger partial charge in [0.25, 0.3) is 0 Å². The van der Waals surface area contributed by atoms with Crippen LogP contribution in [0.5, 0.6) is 0 Å². The number of benzene rings is 1. The molecule has 0 aromatic heterocycles. The maximum Gasteiger partial charge on any atom is 0.310 e. The minimum absolute atomic E-state index is 0.0605. The highest BCUT2D eigenvalue weighted by molar-refractivity contribution is 6.30. The van der Waals surface area contributed by atoms with Crippen molar-refractivity contribution in [3.8, 4) is 0 Å². The number of rotatable bonds is 5. The molecular formula is C11H11ClO4. The van der Waals surface area contributed by atoms with Crippen LogP contribution in [0.1, 0.15) is 24.3 Å². The highest BCUT2D eigenvalue weighted by Gasteiger charge is 2.20. The topological polar surface area (TPSA) is 74.6 Å². The van der Waals surface area contributed by atoms with E-state index in [1.807, 2.05) is 0 Å². The Labute approximate surface area is 97.5 Å². The number of carboxylic acid groups (broad SMARTS) is 2. The van der Waals surface area contributed by atoms with Gasteiger partial charge >= 0.3 is 11.9 Å². The van der Waals surface area contributed by atoms with Crippen LogP contribution in [0.4, 0.5) is 0 Å². The second kappa shape index (κ2) is 5.51. The minimum atomic E-state index is -1.04. The predicted octanol–water partition coefficient (Wildman–Crippen LogP) is 2.37. The molecule has 5 heteroatoms. The maximum absolute atomic E-state index is 11.0. The van der Waals surface area contributed by atoms with Crippen LogP contribution in [-0.2, 0) is 9.59 Å². The van der Waals surface area contributed by atoms with Crippen LogP contribution >= 0.6 is 11.6 Å². The van der Waals surface area contributed by atoms with E-state index < -0.39 is 17.9 Å². The van der Waals surface area contributed by atoms with Crippen LogP contribution in [0.15, 0.2) is 24.3 Å². The normalized spacial score (nSPS) is 12.1. The summed E-state index contributed by atoms with van der Waals surface area (Å²) in [4.78, 5) is 21.4. The summed E-state index contributed by atoms with van der Waals surface area (Å²) in [6.07, 6.45) is -0.117. The van der Waals surface area contributed by atoms with Gasteiger partial charge in [0.05, 0.1) is 5.92 Å². The standard InChI is InChI=1S/C11H11ClO4/c12-8-3-1-2-7(6-8)9(11(15)16)4-5-10(13)14/h1-3,6,9H,4-5H2,(H,13,14)(H,15,16). The average Bonchev–Trinajstić information content (AvgIpc) is 2.17. The molecule has 0 saturated carbocycles. The van der Waals surface area contributed by atoms with E-state index in [0.29, 0.717) is 10.6 Å². The molecule has 0 aliphatic rings. The third-order valence-corrected chi connectivity index (χ3v) is 2.43. The largest absolute Gasteiger partial charge is 0.481 e. The molecule has 4 nitrogen and oxygen atoms in total. The van der Waals surface area contributed by atoms with E-state index in [-0.39, 0.29) is 12.8 Å². The molecule has 0 fully saturated rings. The van der Waals surface area contributed by atoms with Gasteiger partial charge in [-0.15, -0.1) is 0 Å². The van der Waals surface area contributed by atoms with E-state index in [2.05, 4.69) is 0 Å². The molecule has 0 bridgehead atoms. The summed E-state index contributed by atoms with van der Waals surface area (Å²) >= 11 is 5.75. The first-order valence-corrected chi connectivity index (χ1v) is 5.08. The van der Waals surface area contributed by atoms with Crippen LogP contribution < -0.4 is 0 Å². The highest BCUT2D eigenvalue weighted by atomic mass is 35.5. The number of hydrogen-bond acceptors (Lipinski definition) is 2. The molecule has 1 aromatic carbocycles. The predicted molar refractivity (Wildman–Crippen MR) is 58.7 cm³/mol. The zero-order valence-electron chi connectivity index (χ0n) is 8.39. The molecule has 86 valence electrons. The van der Waals surface area contributed by atoms with E-state index in [1.165, 1.54) is 0 Å². The van der Waals surface area contributed by atoms with E-state index in [4.69, 9.17) is 21.8 Å². The molecule has 0 aliphatic heterocycles. The molecule has 0 spiro atoms. The van der Waals surface area contributed by atoms with E-state index in [0.717, 1.165) is 0 Å². The van der Waals surface area contributed by atoms with Crippen molar-refractivity contribution in [1.29, 1.82) is 0 Å². The maximum atomic E-state index is 11.0. The Kier molecular flexibility index (Phi) is 4.31. The number of hydrogen-bond donors (Lipinski definition) is 2. The van der Waals surface area contributed by atoms with Crippen molar-refractivity contribution in [3.05, 3.63) is 34.9 Å². The lowest BCUT2D eigenvalue weighted by atomic mass is 9.94.